The van der Waals surface area contributed by atoms with Crippen LogP contribution >= 0.6 is 0 Å². The summed E-state index contributed by atoms with van der Waals surface area (Å²) >= 11 is 0. The maximum Gasteiger partial charge on any atom is 0.331 e. The molecule has 4 aliphatic rings. The largest absolute Gasteiger partial charge is 0.459 e. The predicted molar refractivity (Wildman–Crippen MR) is 222 cm³/mol. The molecule has 8 atom stereocenters. The minimum absolute atomic E-state index is 0.00549. The molecule has 15 heteroatoms. The van der Waals surface area contributed by atoms with Crippen LogP contribution in [0.5, 0.6) is 0 Å². The summed E-state index contributed by atoms with van der Waals surface area (Å²) in [6, 6.07) is 11.8. The van der Waals surface area contributed by atoms with Crippen molar-refractivity contribution in [2.24, 2.45) is 22.7 Å². The fourth-order valence-electron chi connectivity index (χ4n) is 10.5. The summed E-state index contributed by atoms with van der Waals surface area (Å²) in [5, 5.41) is 49.4. The lowest BCUT2D eigenvalue weighted by Crippen LogP contribution is -2.78. The Balaban J connectivity index is 1.34. The molecule has 0 aliphatic heterocycles. The average molecular weight is 841 g/mol. The van der Waals surface area contributed by atoms with Gasteiger partial charge in [-0.1, -0.05) is 62.3 Å². The molecule has 0 saturated heterocycles. The summed E-state index contributed by atoms with van der Waals surface area (Å²) in [5.41, 5.74) is -7.40. The molecule has 6 rings (SSSR count). The molecule has 324 valence electrons. The number of ketones is 1. The SMILES string of the molecule is CC(=O)[C@]1(OC(=O)/C=C/c2ccccc2[N+](=O)[O-])CC[C@@]2(O)[C@]1(C)[C@H](OC(=O)/C=C(\C)C(C)C)C[C@@H]1[C@@]3(C)CC[C@H](OC(=O)/C=C/c4ccccc4[N+](=O)[O-])CC3=CC[C@]12O. The number of nitrogens with zero attached hydrogens (tertiary/aromatic N) is 2. The molecular weight excluding hydrogens is 789 g/mol. The Kier molecular flexibility index (Phi) is 12.2. The van der Waals surface area contributed by atoms with Gasteiger partial charge in [0.05, 0.1) is 26.4 Å². The lowest BCUT2D eigenvalue weighted by Gasteiger charge is -2.67. The maximum absolute atomic E-state index is 14.1. The zero-order chi connectivity index (χ0) is 44.7. The van der Waals surface area contributed by atoms with Gasteiger partial charge in [-0.05, 0) is 94.9 Å². The van der Waals surface area contributed by atoms with Crippen molar-refractivity contribution in [2.75, 3.05) is 0 Å². The van der Waals surface area contributed by atoms with E-state index in [0.29, 0.717) is 24.8 Å². The van der Waals surface area contributed by atoms with Gasteiger partial charge in [0, 0.05) is 42.7 Å². The third-order valence-corrected chi connectivity index (χ3v) is 14.2. The first-order valence-corrected chi connectivity index (χ1v) is 20.4. The standard InChI is InChI=1S/C46H52N2O13/c1-28(2)29(3)25-41(52)60-38-27-37-42(5)21-20-34(59-39(50)17-15-31-11-7-9-13-35(31)47(55)56)26-33(42)19-22-44(37,53)46(54)24-23-45(30(4)49,43(38,46)6)61-40(51)18-16-32-12-8-10-14-36(32)48(57)58/h7-19,25,28,34,37-38,53-54H,20-24,26-27H2,1-6H3/b17-15+,18-16+,29-25+/t34-,37+,38+,42-,43+,44-,45+,46+/m0/s1. The van der Waals surface area contributed by atoms with Crippen molar-refractivity contribution in [3.63, 3.8) is 0 Å². The lowest BCUT2D eigenvalue weighted by atomic mass is 9.42. The topological polar surface area (TPSA) is 223 Å². The molecule has 0 amide bonds. The molecule has 0 radical (unpaired) electrons. The number of para-hydroxylation sites is 2. The summed E-state index contributed by atoms with van der Waals surface area (Å²) in [6.07, 6.45) is 6.47. The van der Waals surface area contributed by atoms with Gasteiger partial charge in [-0.25, -0.2) is 14.4 Å². The Morgan fingerprint density at radius 1 is 0.820 bits per heavy atom. The third kappa shape index (κ3) is 7.62. The van der Waals surface area contributed by atoms with Gasteiger partial charge < -0.3 is 24.4 Å². The third-order valence-electron chi connectivity index (χ3n) is 14.2. The number of rotatable bonds is 12. The number of aliphatic hydroxyl groups is 2. The Bertz CT molecular complexity index is 2280. The Morgan fingerprint density at radius 2 is 1.39 bits per heavy atom. The Labute approximate surface area is 353 Å². The van der Waals surface area contributed by atoms with E-state index in [2.05, 4.69) is 0 Å². The smallest absolute Gasteiger partial charge is 0.331 e. The fraction of sp³-hybridized carbons (Fsp3) is 0.478. The van der Waals surface area contributed by atoms with Crippen LogP contribution in [0.3, 0.4) is 0 Å². The molecule has 15 nitrogen and oxygen atoms in total. The van der Waals surface area contributed by atoms with Crippen molar-refractivity contribution in [2.45, 2.75) is 115 Å². The number of benzene rings is 2. The van der Waals surface area contributed by atoms with Crippen LogP contribution in [0.25, 0.3) is 12.2 Å². The van der Waals surface area contributed by atoms with Gasteiger partial charge in [-0.2, -0.15) is 0 Å². The van der Waals surface area contributed by atoms with Crippen LogP contribution in [-0.2, 0) is 33.4 Å². The predicted octanol–water partition coefficient (Wildman–Crippen LogP) is 7.33. The van der Waals surface area contributed by atoms with Crippen molar-refractivity contribution in [1.29, 1.82) is 0 Å². The molecule has 2 aromatic rings. The monoisotopic (exact) mass is 840 g/mol. The van der Waals surface area contributed by atoms with E-state index >= 15 is 0 Å². The Hall–Kier alpha value is -5.80. The number of allylic oxidation sites excluding steroid dienone is 1. The molecule has 3 fully saturated rings. The van der Waals surface area contributed by atoms with Gasteiger partial charge in [0.2, 0.25) is 0 Å². The minimum atomic E-state index is -2.17. The average Bonchev–Trinajstić information content (AvgIpc) is 3.45. The van der Waals surface area contributed by atoms with Gasteiger partial charge in [-0.15, -0.1) is 0 Å². The molecule has 0 aromatic heterocycles. The second-order valence-corrected chi connectivity index (χ2v) is 17.5. The number of ether oxygens (including phenoxy) is 3. The molecule has 4 aliphatic carbocycles. The van der Waals surface area contributed by atoms with E-state index in [1.54, 1.807) is 19.1 Å². The summed E-state index contributed by atoms with van der Waals surface area (Å²) in [5.74, 6) is -3.86. The highest BCUT2D eigenvalue weighted by molar-refractivity contribution is 5.94. The van der Waals surface area contributed by atoms with Crippen LogP contribution in [-0.4, -0.2) is 72.8 Å². The van der Waals surface area contributed by atoms with Crippen LogP contribution < -0.4 is 0 Å². The van der Waals surface area contributed by atoms with Gasteiger partial charge in [0.1, 0.15) is 23.4 Å². The van der Waals surface area contributed by atoms with Crippen molar-refractivity contribution in [1.82, 2.24) is 0 Å². The molecule has 61 heavy (non-hydrogen) atoms. The van der Waals surface area contributed by atoms with Gasteiger partial charge in [0.15, 0.2) is 11.4 Å². The second-order valence-electron chi connectivity index (χ2n) is 17.5. The zero-order valence-electron chi connectivity index (χ0n) is 35.1. The Morgan fingerprint density at radius 3 is 1.95 bits per heavy atom. The van der Waals surface area contributed by atoms with Crippen LogP contribution in [0.1, 0.15) is 97.6 Å². The molecular formula is C46H52N2O13. The summed E-state index contributed by atoms with van der Waals surface area (Å²) < 4.78 is 18.2. The van der Waals surface area contributed by atoms with E-state index in [1.165, 1.54) is 68.5 Å². The molecule has 3 saturated carbocycles. The first kappa shape index (κ1) is 44.7. The number of carbonyl (C=O) groups is 4. The highest BCUT2D eigenvalue weighted by Crippen LogP contribution is 2.71. The van der Waals surface area contributed by atoms with Crippen molar-refractivity contribution >= 4 is 47.2 Å². The highest BCUT2D eigenvalue weighted by atomic mass is 16.6. The number of esters is 3. The maximum atomic E-state index is 14.1. The van der Waals surface area contributed by atoms with Crippen molar-refractivity contribution in [3.05, 3.63) is 115 Å². The van der Waals surface area contributed by atoms with E-state index < -0.39 is 79.3 Å². The summed E-state index contributed by atoms with van der Waals surface area (Å²) in [4.78, 5) is 76.4. The van der Waals surface area contributed by atoms with Crippen LogP contribution in [0, 0.1) is 42.9 Å². The number of fused-ring (bicyclic) bond motifs is 5. The first-order chi connectivity index (χ1) is 28.6. The van der Waals surface area contributed by atoms with Crippen molar-refractivity contribution < 1.29 is 53.4 Å². The zero-order valence-corrected chi connectivity index (χ0v) is 35.1. The minimum Gasteiger partial charge on any atom is -0.459 e. The van der Waals surface area contributed by atoms with Crippen LogP contribution in [0.4, 0.5) is 11.4 Å². The van der Waals surface area contributed by atoms with E-state index in [1.807, 2.05) is 26.8 Å². The molecule has 0 unspecified atom stereocenters. The fourth-order valence-corrected chi connectivity index (χ4v) is 10.5. The first-order valence-electron chi connectivity index (χ1n) is 20.4. The summed E-state index contributed by atoms with van der Waals surface area (Å²) in [6.45, 7) is 10.3. The molecule has 2 N–H and O–H groups in total. The van der Waals surface area contributed by atoms with Gasteiger partial charge in [-0.3, -0.25) is 25.0 Å². The van der Waals surface area contributed by atoms with E-state index in [-0.39, 0.29) is 54.1 Å². The quantitative estimate of drug-likeness (QED) is 0.0534. The highest BCUT2D eigenvalue weighted by Gasteiger charge is 2.83. The van der Waals surface area contributed by atoms with E-state index in [0.717, 1.165) is 17.7 Å². The molecule has 0 spiro atoms. The van der Waals surface area contributed by atoms with E-state index in [9.17, 15) is 49.6 Å². The number of Topliss-reactive ketones (excluding diaryl/α,β-unsaturated/α-hetero) is 1. The summed E-state index contributed by atoms with van der Waals surface area (Å²) in [7, 11) is 0. The van der Waals surface area contributed by atoms with E-state index in [4.69, 9.17) is 14.2 Å². The van der Waals surface area contributed by atoms with Gasteiger partial charge in [0.25, 0.3) is 11.4 Å². The number of hydrogen-bond donors (Lipinski definition) is 2. The van der Waals surface area contributed by atoms with Crippen molar-refractivity contribution in [3.8, 4) is 0 Å². The second kappa shape index (κ2) is 16.6. The molecule has 0 heterocycles. The van der Waals surface area contributed by atoms with Crippen LogP contribution in [0.2, 0.25) is 0 Å². The number of nitro groups is 2. The lowest BCUT2D eigenvalue weighted by molar-refractivity contribution is -0.385. The number of hydrogen-bond acceptors (Lipinski definition) is 13. The molecule has 2 aromatic carbocycles. The normalized spacial score (nSPS) is 32.0. The number of carbonyl (C=O) groups excluding carboxylic acids is 4. The van der Waals surface area contributed by atoms with Gasteiger partial charge >= 0.3 is 17.9 Å². The van der Waals surface area contributed by atoms with Crippen LogP contribution in [0.15, 0.2) is 84.0 Å². The molecule has 0 bridgehead atoms. The number of nitro benzene ring substituents is 2.